The van der Waals surface area contributed by atoms with Gasteiger partial charge in [0.05, 0.1) is 12.0 Å². The molecule has 3 unspecified atom stereocenters. The number of nitrogens with two attached hydrogens (primary N) is 1. The zero-order chi connectivity index (χ0) is 12.1. The smallest absolute Gasteiger partial charge is 0.226 e. The van der Waals surface area contributed by atoms with E-state index in [1.807, 2.05) is 0 Å². The molecule has 16 heavy (non-hydrogen) atoms. The first-order valence-corrected chi connectivity index (χ1v) is 6.22. The number of carbonyl (C=O) groups is 1. The molecule has 1 fully saturated rings. The fourth-order valence-electron chi connectivity index (χ4n) is 2.14. The molecule has 3 atom stereocenters. The number of carbonyl (C=O) groups excluding carboxylic acids is 1. The van der Waals surface area contributed by atoms with Crippen molar-refractivity contribution < 1.29 is 9.53 Å². The van der Waals surface area contributed by atoms with E-state index in [9.17, 15) is 4.79 Å². The van der Waals surface area contributed by atoms with Crippen LogP contribution in [0.2, 0.25) is 0 Å². The summed E-state index contributed by atoms with van der Waals surface area (Å²) in [6.07, 6.45) is 1.82. The van der Waals surface area contributed by atoms with Crippen molar-refractivity contribution in [1.29, 1.82) is 0 Å². The van der Waals surface area contributed by atoms with E-state index in [2.05, 4.69) is 26.1 Å². The predicted molar refractivity (Wildman–Crippen MR) is 64.0 cm³/mol. The van der Waals surface area contributed by atoms with E-state index in [4.69, 9.17) is 10.5 Å². The Hall–Kier alpha value is -0.610. The van der Waals surface area contributed by atoms with Gasteiger partial charge in [-0.2, -0.15) is 0 Å². The molecule has 0 aromatic heterocycles. The third-order valence-electron chi connectivity index (χ3n) is 3.34. The molecule has 4 heteroatoms. The average Bonchev–Trinajstić information content (AvgIpc) is 2.72. The van der Waals surface area contributed by atoms with Crippen molar-refractivity contribution in [3.8, 4) is 0 Å². The molecule has 1 heterocycles. The van der Waals surface area contributed by atoms with E-state index in [0.717, 1.165) is 12.8 Å². The fraction of sp³-hybridized carbons (Fsp3) is 0.917. The third kappa shape index (κ3) is 3.19. The summed E-state index contributed by atoms with van der Waals surface area (Å²) in [6, 6.07) is 0.0746. The highest BCUT2D eigenvalue weighted by Gasteiger charge is 2.33. The van der Waals surface area contributed by atoms with Gasteiger partial charge in [-0.1, -0.05) is 20.8 Å². The molecule has 1 aliphatic rings. The lowest BCUT2D eigenvalue weighted by molar-refractivity contribution is -0.127. The topological polar surface area (TPSA) is 64.3 Å². The molecule has 0 spiro atoms. The van der Waals surface area contributed by atoms with E-state index in [1.54, 1.807) is 0 Å². The Morgan fingerprint density at radius 1 is 1.56 bits per heavy atom. The Morgan fingerprint density at radius 3 is 2.75 bits per heavy atom. The standard InChI is InChI=1S/C12H24N2O2/c1-4-11-9(5-6-16-11)12(15)14-10(7-13)8(2)3/h8-11H,4-7,13H2,1-3H3,(H,14,15). The highest BCUT2D eigenvalue weighted by molar-refractivity contribution is 5.79. The normalized spacial score (nSPS) is 27.1. The summed E-state index contributed by atoms with van der Waals surface area (Å²) in [7, 11) is 0. The van der Waals surface area contributed by atoms with E-state index < -0.39 is 0 Å². The van der Waals surface area contributed by atoms with Crippen molar-refractivity contribution in [3.05, 3.63) is 0 Å². The maximum Gasteiger partial charge on any atom is 0.226 e. The zero-order valence-corrected chi connectivity index (χ0v) is 10.5. The molecule has 0 aromatic rings. The quantitative estimate of drug-likeness (QED) is 0.735. The van der Waals surface area contributed by atoms with Gasteiger partial charge in [0.2, 0.25) is 5.91 Å². The van der Waals surface area contributed by atoms with E-state index in [0.29, 0.717) is 19.1 Å². The maximum absolute atomic E-state index is 12.0. The van der Waals surface area contributed by atoms with E-state index in [1.165, 1.54) is 0 Å². The van der Waals surface area contributed by atoms with Crippen molar-refractivity contribution >= 4 is 5.91 Å². The maximum atomic E-state index is 12.0. The minimum atomic E-state index is 0.0119. The largest absolute Gasteiger partial charge is 0.377 e. The van der Waals surface area contributed by atoms with Crippen LogP contribution in [0.1, 0.15) is 33.6 Å². The molecule has 4 nitrogen and oxygen atoms in total. The SMILES string of the molecule is CCC1OCCC1C(=O)NC(CN)C(C)C. The lowest BCUT2D eigenvalue weighted by atomic mass is 9.97. The Labute approximate surface area is 97.9 Å². The monoisotopic (exact) mass is 228 g/mol. The first kappa shape index (κ1) is 13.5. The molecule has 94 valence electrons. The van der Waals surface area contributed by atoms with Crippen LogP contribution in [0.15, 0.2) is 0 Å². The van der Waals surface area contributed by atoms with Crippen molar-refractivity contribution in [3.63, 3.8) is 0 Å². The third-order valence-corrected chi connectivity index (χ3v) is 3.34. The lowest BCUT2D eigenvalue weighted by Gasteiger charge is -2.24. The number of amides is 1. The minimum Gasteiger partial charge on any atom is -0.377 e. The molecular formula is C12H24N2O2. The van der Waals surface area contributed by atoms with Gasteiger partial charge in [0.15, 0.2) is 0 Å². The van der Waals surface area contributed by atoms with Crippen LogP contribution in [-0.4, -0.2) is 31.2 Å². The summed E-state index contributed by atoms with van der Waals surface area (Å²) in [6.45, 7) is 7.39. The van der Waals surface area contributed by atoms with Crippen LogP contribution in [0, 0.1) is 11.8 Å². The van der Waals surface area contributed by atoms with E-state index >= 15 is 0 Å². The van der Waals surface area contributed by atoms with Crippen LogP contribution in [0.25, 0.3) is 0 Å². The van der Waals surface area contributed by atoms with Crippen molar-refractivity contribution in [1.82, 2.24) is 5.32 Å². The second-order valence-electron chi connectivity index (χ2n) is 4.81. The molecule has 0 radical (unpaired) electrons. The zero-order valence-electron chi connectivity index (χ0n) is 10.5. The predicted octanol–water partition coefficient (Wildman–Crippen LogP) is 0.901. The van der Waals surface area contributed by atoms with Gasteiger partial charge in [0, 0.05) is 19.2 Å². The molecule has 0 bridgehead atoms. The Morgan fingerprint density at radius 2 is 2.25 bits per heavy atom. The van der Waals surface area contributed by atoms with Crippen molar-refractivity contribution in [2.75, 3.05) is 13.2 Å². The lowest BCUT2D eigenvalue weighted by Crippen LogP contribution is -2.47. The first-order valence-electron chi connectivity index (χ1n) is 6.22. The van der Waals surface area contributed by atoms with Gasteiger partial charge in [-0.25, -0.2) is 0 Å². The van der Waals surface area contributed by atoms with Gasteiger partial charge >= 0.3 is 0 Å². The van der Waals surface area contributed by atoms with Gasteiger partial charge in [-0.15, -0.1) is 0 Å². The summed E-state index contributed by atoms with van der Waals surface area (Å²) < 4.78 is 5.52. The van der Waals surface area contributed by atoms with Crippen LogP contribution in [-0.2, 0) is 9.53 Å². The Kier molecular flexibility index (Phi) is 5.22. The Bertz CT molecular complexity index is 231. The van der Waals surface area contributed by atoms with Gasteiger partial charge in [0.25, 0.3) is 0 Å². The molecular weight excluding hydrogens is 204 g/mol. The second-order valence-corrected chi connectivity index (χ2v) is 4.81. The molecule has 1 amide bonds. The summed E-state index contributed by atoms with van der Waals surface area (Å²) in [4.78, 5) is 12.0. The number of rotatable bonds is 5. The highest BCUT2D eigenvalue weighted by Crippen LogP contribution is 2.23. The number of hydrogen-bond acceptors (Lipinski definition) is 3. The van der Waals surface area contributed by atoms with Crippen molar-refractivity contribution in [2.45, 2.75) is 45.8 Å². The highest BCUT2D eigenvalue weighted by atomic mass is 16.5. The molecule has 0 aromatic carbocycles. The molecule has 3 N–H and O–H groups in total. The van der Waals surface area contributed by atoms with Gasteiger partial charge < -0.3 is 15.8 Å². The summed E-state index contributed by atoms with van der Waals surface area (Å²) >= 11 is 0. The van der Waals surface area contributed by atoms with Gasteiger partial charge in [-0.3, -0.25) is 4.79 Å². The number of ether oxygens (including phenoxy) is 1. The fourth-order valence-corrected chi connectivity index (χ4v) is 2.14. The van der Waals surface area contributed by atoms with Gasteiger partial charge in [0.1, 0.15) is 0 Å². The molecule has 1 rings (SSSR count). The van der Waals surface area contributed by atoms with E-state index in [-0.39, 0.29) is 24.0 Å². The average molecular weight is 228 g/mol. The van der Waals surface area contributed by atoms with Crippen LogP contribution in [0.5, 0.6) is 0 Å². The molecule has 0 aliphatic carbocycles. The summed E-state index contributed by atoms with van der Waals surface area (Å²) in [5.74, 6) is 0.489. The van der Waals surface area contributed by atoms with Crippen LogP contribution in [0.4, 0.5) is 0 Å². The Balaban J connectivity index is 2.50. The molecule has 1 aliphatic heterocycles. The molecule has 1 saturated heterocycles. The first-order chi connectivity index (χ1) is 7.60. The minimum absolute atomic E-state index is 0.0119. The number of hydrogen-bond donors (Lipinski definition) is 2. The second kappa shape index (κ2) is 6.21. The van der Waals surface area contributed by atoms with Crippen LogP contribution < -0.4 is 11.1 Å². The van der Waals surface area contributed by atoms with Crippen molar-refractivity contribution in [2.24, 2.45) is 17.6 Å². The summed E-state index contributed by atoms with van der Waals surface area (Å²) in [5, 5.41) is 3.03. The van der Waals surface area contributed by atoms with Crippen LogP contribution in [0.3, 0.4) is 0 Å². The summed E-state index contributed by atoms with van der Waals surface area (Å²) in [5.41, 5.74) is 5.64. The van der Waals surface area contributed by atoms with Gasteiger partial charge in [-0.05, 0) is 18.8 Å². The number of nitrogens with one attached hydrogen (secondary N) is 1. The molecule has 0 saturated carbocycles. The van der Waals surface area contributed by atoms with Crippen LogP contribution >= 0.6 is 0 Å².